The molecule has 0 saturated carbocycles. The lowest BCUT2D eigenvalue weighted by atomic mass is 10.2. The predicted octanol–water partition coefficient (Wildman–Crippen LogP) is 4.15. The Kier molecular flexibility index (Phi) is 6.67. The standard InChI is InChI=1S/C14H12INO2S4/c1-19-12-6-10(4-5-20-15)7-13(8-12)22(17,18)14-3-2-11(9-16)21-14/h2-3,6-8H,9,16H2,1H3. The van der Waals surface area contributed by atoms with Gasteiger partial charge in [-0.05, 0) is 50.8 Å². The van der Waals surface area contributed by atoms with E-state index in [9.17, 15) is 8.42 Å². The topological polar surface area (TPSA) is 60.2 Å². The van der Waals surface area contributed by atoms with Crippen LogP contribution in [-0.4, -0.2) is 14.7 Å². The zero-order valence-corrected chi connectivity index (χ0v) is 16.9. The molecule has 8 heteroatoms. The highest BCUT2D eigenvalue weighted by Crippen LogP contribution is 2.30. The second kappa shape index (κ2) is 8.08. The number of benzene rings is 1. The van der Waals surface area contributed by atoms with Crippen LogP contribution in [0.5, 0.6) is 0 Å². The third kappa shape index (κ3) is 4.21. The van der Waals surface area contributed by atoms with Crippen molar-refractivity contribution in [1.29, 1.82) is 0 Å². The van der Waals surface area contributed by atoms with Gasteiger partial charge in [0, 0.05) is 43.1 Å². The van der Waals surface area contributed by atoms with Gasteiger partial charge in [-0.15, -0.1) is 23.1 Å². The third-order valence-electron chi connectivity index (χ3n) is 2.76. The Labute approximate surface area is 155 Å². The smallest absolute Gasteiger partial charge is 0.216 e. The minimum atomic E-state index is -3.54. The summed E-state index contributed by atoms with van der Waals surface area (Å²) in [7, 11) is -2.17. The number of rotatable bonds is 4. The number of nitrogens with two attached hydrogens (primary N) is 1. The normalized spacial score (nSPS) is 11.0. The predicted molar refractivity (Wildman–Crippen MR) is 104 cm³/mol. The molecule has 0 aliphatic rings. The molecule has 0 bridgehead atoms. The molecule has 0 radical (unpaired) electrons. The molecule has 0 aliphatic carbocycles. The van der Waals surface area contributed by atoms with Gasteiger partial charge in [-0.1, -0.05) is 5.92 Å². The van der Waals surface area contributed by atoms with Gasteiger partial charge in [0.1, 0.15) is 4.21 Å². The zero-order valence-electron chi connectivity index (χ0n) is 11.5. The van der Waals surface area contributed by atoms with Crippen LogP contribution in [0.25, 0.3) is 0 Å². The van der Waals surface area contributed by atoms with E-state index in [4.69, 9.17) is 5.73 Å². The van der Waals surface area contributed by atoms with E-state index < -0.39 is 9.84 Å². The number of hydrogen-bond donors (Lipinski definition) is 1. The van der Waals surface area contributed by atoms with E-state index in [0.717, 1.165) is 9.77 Å². The number of thioether (sulfide) groups is 1. The molecule has 0 fully saturated rings. The molecule has 2 N–H and O–H groups in total. The van der Waals surface area contributed by atoms with Crippen LogP contribution in [0.1, 0.15) is 10.4 Å². The maximum Gasteiger partial charge on any atom is 0.216 e. The molecule has 0 atom stereocenters. The summed E-state index contributed by atoms with van der Waals surface area (Å²) in [4.78, 5) is 1.99. The van der Waals surface area contributed by atoms with E-state index in [1.807, 2.05) is 12.3 Å². The first-order valence-corrected chi connectivity index (χ1v) is 12.9. The van der Waals surface area contributed by atoms with Crippen molar-refractivity contribution in [2.24, 2.45) is 5.73 Å². The molecule has 1 heterocycles. The van der Waals surface area contributed by atoms with Crippen molar-refractivity contribution >= 4 is 63.1 Å². The molecular formula is C14H12INO2S4. The molecule has 0 unspecified atom stereocenters. The summed E-state index contributed by atoms with van der Waals surface area (Å²) in [5.74, 6) is 2.96. The van der Waals surface area contributed by atoms with Crippen molar-refractivity contribution in [1.82, 2.24) is 0 Å². The van der Waals surface area contributed by atoms with Crippen molar-refractivity contribution in [2.75, 3.05) is 6.26 Å². The largest absolute Gasteiger partial charge is 0.326 e. The van der Waals surface area contributed by atoms with E-state index in [2.05, 4.69) is 32.4 Å². The summed E-state index contributed by atoms with van der Waals surface area (Å²) in [5, 5.41) is 2.88. The number of halogens is 1. The van der Waals surface area contributed by atoms with Crippen LogP contribution in [0.4, 0.5) is 0 Å². The molecule has 0 amide bonds. The minimum Gasteiger partial charge on any atom is -0.326 e. The average molecular weight is 481 g/mol. The Bertz CT molecular complexity index is 834. The number of hydrogen-bond acceptors (Lipinski definition) is 6. The van der Waals surface area contributed by atoms with Crippen LogP contribution < -0.4 is 5.73 Å². The molecule has 1 aromatic heterocycles. The van der Waals surface area contributed by atoms with Crippen molar-refractivity contribution < 1.29 is 8.42 Å². The highest BCUT2D eigenvalue weighted by Gasteiger charge is 2.21. The fraction of sp³-hybridized carbons (Fsp3) is 0.143. The van der Waals surface area contributed by atoms with Gasteiger partial charge in [0.25, 0.3) is 0 Å². The van der Waals surface area contributed by atoms with Gasteiger partial charge in [0.15, 0.2) is 0 Å². The fourth-order valence-electron chi connectivity index (χ4n) is 1.72. The Morgan fingerprint density at radius 2 is 2.09 bits per heavy atom. The van der Waals surface area contributed by atoms with Gasteiger partial charge in [-0.3, -0.25) is 0 Å². The van der Waals surface area contributed by atoms with Crippen LogP contribution in [0.15, 0.2) is 44.3 Å². The Morgan fingerprint density at radius 3 is 2.68 bits per heavy atom. The van der Waals surface area contributed by atoms with Crippen molar-refractivity contribution in [3.8, 4) is 11.2 Å². The quantitative estimate of drug-likeness (QED) is 0.404. The van der Waals surface area contributed by atoms with Crippen molar-refractivity contribution in [2.45, 2.75) is 20.5 Å². The molecule has 22 heavy (non-hydrogen) atoms. The SMILES string of the molecule is CSc1cc(C#CSI)cc(S(=O)(=O)c2ccc(CN)s2)c1. The monoisotopic (exact) mass is 481 g/mol. The molecule has 3 nitrogen and oxygen atoms in total. The number of sulfone groups is 1. The first-order chi connectivity index (χ1) is 10.5. The van der Waals surface area contributed by atoms with Crippen LogP contribution in [0, 0.1) is 11.2 Å². The maximum atomic E-state index is 12.8. The first kappa shape index (κ1) is 18.2. The van der Waals surface area contributed by atoms with Crippen LogP contribution in [0.2, 0.25) is 0 Å². The molecule has 1 aromatic carbocycles. The summed E-state index contributed by atoms with van der Waals surface area (Å²) in [5.41, 5.74) is 6.26. The van der Waals surface area contributed by atoms with Gasteiger partial charge in [-0.25, -0.2) is 8.42 Å². The number of thiophene rings is 1. The van der Waals surface area contributed by atoms with E-state index in [-0.39, 0.29) is 4.90 Å². The summed E-state index contributed by atoms with van der Waals surface area (Å²) >= 11 is 4.79. The van der Waals surface area contributed by atoms with Gasteiger partial charge in [-0.2, -0.15) is 0 Å². The molecule has 2 rings (SSSR count). The van der Waals surface area contributed by atoms with Gasteiger partial charge >= 0.3 is 0 Å². The molecule has 0 aliphatic heterocycles. The molecule has 2 aromatic rings. The second-order valence-corrected chi connectivity index (χ2v) is 10.0. The van der Waals surface area contributed by atoms with Gasteiger partial charge < -0.3 is 5.73 Å². The Hall–Kier alpha value is -0.180. The first-order valence-electron chi connectivity index (χ1n) is 6.03. The van der Waals surface area contributed by atoms with E-state index in [0.29, 0.717) is 16.3 Å². The van der Waals surface area contributed by atoms with Crippen LogP contribution in [-0.2, 0) is 16.4 Å². The van der Waals surface area contributed by atoms with E-state index in [1.54, 1.807) is 24.3 Å². The van der Waals surface area contributed by atoms with Crippen molar-refractivity contribution in [3.63, 3.8) is 0 Å². The minimum absolute atomic E-state index is 0.271. The lowest BCUT2D eigenvalue weighted by Gasteiger charge is -2.05. The lowest BCUT2D eigenvalue weighted by Crippen LogP contribution is -2.00. The maximum absolute atomic E-state index is 12.8. The van der Waals surface area contributed by atoms with E-state index >= 15 is 0 Å². The Balaban J connectivity index is 2.54. The summed E-state index contributed by atoms with van der Waals surface area (Å²) in [6.07, 6.45) is 1.91. The summed E-state index contributed by atoms with van der Waals surface area (Å²) < 4.78 is 25.8. The van der Waals surface area contributed by atoms with Crippen LogP contribution in [0.3, 0.4) is 0 Å². The molecule has 116 valence electrons. The van der Waals surface area contributed by atoms with Gasteiger partial charge in [0.2, 0.25) is 9.84 Å². The Morgan fingerprint density at radius 1 is 1.32 bits per heavy atom. The highest BCUT2D eigenvalue weighted by molar-refractivity contribution is 14.2. The summed E-state index contributed by atoms with van der Waals surface area (Å²) in [6.45, 7) is 0.342. The summed E-state index contributed by atoms with van der Waals surface area (Å²) in [6, 6.07) is 8.56. The van der Waals surface area contributed by atoms with E-state index in [1.165, 1.54) is 32.0 Å². The molecular weight excluding hydrogens is 469 g/mol. The van der Waals surface area contributed by atoms with Gasteiger partial charge in [0.05, 0.1) is 4.90 Å². The third-order valence-corrected chi connectivity index (χ3v) is 7.64. The highest BCUT2D eigenvalue weighted by atomic mass is 127. The second-order valence-electron chi connectivity index (χ2n) is 4.13. The van der Waals surface area contributed by atoms with Crippen LogP contribution >= 0.6 is 53.2 Å². The van der Waals surface area contributed by atoms with Crippen molar-refractivity contribution in [3.05, 3.63) is 40.8 Å². The fourth-order valence-corrected chi connectivity index (χ4v) is 5.48. The molecule has 0 saturated heterocycles. The average Bonchev–Trinajstić information content (AvgIpc) is 3.02. The lowest BCUT2D eigenvalue weighted by molar-refractivity contribution is 0.598. The molecule has 0 spiro atoms. The zero-order chi connectivity index (χ0) is 16.2.